The van der Waals surface area contributed by atoms with E-state index >= 15 is 0 Å². The zero-order chi connectivity index (χ0) is 13.7. The van der Waals surface area contributed by atoms with Gasteiger partial charge in [0.25, 0.3) is 0 Å². The van der Waals surface area contributed by atoms with Crippen LogP contribution in [0.4, 0.5) is 0 Å². The first-order valence-corrected chi connectivity index (χ1v) is 6.11. The van der Waals surface area contributed by atoms with Crippen molar-refractivity contribution in [2.45, 2.75) is 19.4 Å². The molecule has 1 atom stereocenters. The van der Waals surface area contributed by atoms with Gasteiger partial charge in [0.05, 0.1) is 12.5 Å². The maximum absolute atomic E-state index is 11.8. The Morgan fingerprint density at radius 1 is 1.44 bits per heavy atom. The first kappa shape index (κ1) is 14.6. The van der Waals surface area contributed by atoms with Gasteiger partial charge in [-0.1, -0.05) is 36.5 Å². The molecule has 0 radical (unpaired) electrons. The number of aliphatic hydroxyl groups excluding tert-OH is 1. The number of thiocarbonyl (C=S) groups is 1. The molecule has 98 valence electrons. The number of hydrogen-bond donors (Lipinski definition) is 2. The average molecular weight is 266 g/mol. The largest absolute Gasteiger partial charge is 0.392 e. The van der Waals surface area contributed by atoms with E-state index in [-0.39, 0.29) is 5.91 Å². The molecule has 4 nitrogen and oxygen atoms in total. The molecule has 0 saturated heterocycles. The van der Waals surface area contributed by atoms with E-state index in [1.54, 1.807) is 26.1 Å². The molecule has 0 aromatic heterocycles. The van der Waals surface area contributed by atoms with E-state index in [4.69, 9.17) is 18.0 Å². The topological polar surface area (TPSA) is 66.6 Å². The van der Waals surface area contributed by atoms with Gasteiger partial charge in [0.15, 0.2) is 0 Å². The van der Waals surface area contributed by atoms with Gasteiger partial charge in [-0.2, -0.15) is 0 Å². The van der Waals surface area contributed by atoms with E-state index in [9.17, 15) is 9.90 Å². The summed E-state index contributed by atoms with van der Waals surface area (Å²) >= 11 is 4.86. The van der Waals surface area contributed by atoms with Crippen LogP contribution in [0.2, 0.25) is 0 Å². The molecule has 1 unspecified atom stereocenters. The summed E-state index contributed by atoms with van der Waals surface area (Å²) in [7, 11) is 1.68. The standard InChI is InChI=1S/C13H18N2O2S/c1-9(16)8-15(2)12(17)7-10-3-5-11(6-4-10)13(14)18/h3-6,9,16H,7-8H2,1-2H3,(H2,14,18). The molecular formula is C13H18N2O2S. The Kier molecular flexibility index (Phi) is 5.25. The molecule has 0 saturated carbocycles. The lowest BCUT2D eigenvalue weighted by molar-refractivity contribution is -0.130. The van der Waals surface area contributed by atoms with Gasteiger partial charge in [-0.25, -0.2) is 0 Å². The summed E-state index contributed by atoms with van der Waals surface area (Å²) in [4.78, 5) is 13.7. The molecule has 0 aliphatic carbocycles. The van der Waals surface area contributed by atoms with E-state index in [0.717, 1.165) is 11.1 Å². The molecule has 3 N–H and O–H groups in total. The van der Waals surface area contributed by atoms with Crippen LogP contribution in [-0.2, 0) is 11.2 Å². The van der Waals surface area contributed by atoms with Crippen LogP contribution in [0.3, 0.4) is 0 Å². The molecule has 0 aliphatic heterocycles. The van der Waals surface area contributed by atoms with Gasteiger partial charge in [0, 0.05) is 19.2 Å². The molecule has 1 amide bonds. The van der Waals surface area contributed by atoms with Crippen molar-refractivity contribution < 1.29 is 9.90 Å². The van der Waals surface area contributed by atoms with Crippen molar-refractivity contribution in [1.82, 2.24) is 4.90 Å². The molecular weight excluding hydrogens is 248 g/mol. The molecule has 1 aromatic rings. The van der Waals surface area contributed by atoms with Crippen LogP contribution in [0.1, 0.15) is 18.1 Å². The Labute approximate surface area is 112 Å². The maximum atomic E-state index is 11.8. The molecule has 1 rings (SSSR count). The molecule has 0 aliphatic rings. The SMILES string of the molecule is CC(O)CN(C)C(=O)Cc1ccc(C(N)=S)cc1. The van der Waals surface area contributed by atoms with E-state index < -0.39 is 6.10 Å². The molecule has 0 bridgehead atoms. The Balaban J connectivity index is 2.62. The Morgan fingerprint density at radius 2 is 2.00 bits per heavy atom. The van der Waals surface area contributed by atoms with E-state index in [1.165, 1.54) is 4.90 Å². The predicted molar refractivity (Wildman–Crippen MR) is 75.4 cm³/mol. The number of likely N-dealkylation sites (N-methyl/N-ethyl adjacent to an activating group) is 1. The van der Waals surface area contributed by atoms with E-state index in [2.05, 4.69) is 0 Å². The number of nitrogens with two attached hydrogens (primary N) is 1. The van der Waals surface area contributed by atoms with Gasteiger partial charge < -0.3 is 15.7 Å². The second-order valence-electron chi connectivity index (χ2n) is 4.36. The summed E-state index contributed by atoms with van der Waals surface area (Å²) in [5.74, 6) is -0.0287. The molecule has 0 heterocycles. The van der Waals surface area contributed by atoms with Gasteiger partial charge >= 0.3 is 0 Å². The Hall–Kier alpha value is -1.46. The monoisotopic (exact) mass is 266 g/mol. The van der Waals surface area contributed by atoms with Crippen LogP contribution in [0, 0.1) is 0 Å². The molecule has 0 spiro atoms. The molecule has 0 fully saturated rings. The first-order valence-electron chi connectivity index (χ1n) is 5.71. The predicted octanol–water partition coefficient (Wildman–Crippen LogP) is 0.703. The quantitative estimate of drug-likeness (QED) is 0.770. The minimum absolute atomic E-state index is 0.0287. The number of benzene rings is 1. The summed E-state index contributed by atoms with van der Waals surface area (Å²) in [6, 6.07) is 7.28. The fraction of sp³-hybridized carbons (Fsp3) is 0.385. The molecule has 1 aromatic carbocycles. The van der Waals surface area contributed by atoms with Crippen molar-refractivity contribution in [3.05, 3.63) is 35.4 Å². The Morgan fingerprint density at radius 3 is 2.44 bits per heavy atom. The first-order chi connectivity index (χ1) is 8.40. The van der Waals surface area contributed by atoms with E-state index in [1.807, 2.05) is 12.1 Å². The summed E-state index contributed by atoms with van der Waals surface area (Å²) in [5, 5.41) is 9.21. The molecule has 5 heteroatoms. The van der Waals surface area contributed by atoms with Crippen molar-refractivity contribution in [2.24, 2.45) is 5.73 Å². The highest BCUT2D eigenvalue weighted by Crippen LogP contribution is 2.06. The average Bonchev–Trinajstić information content (AvgIpc) is 2.28. The fourth-order valence-corrected chi connectivity index (χ4v) is 1.73. The second-order valence-corrected chi connectivity index (χ2v) is 4.80. The zero-order valence-corrected chi connectivity index (χ0v) is 11.4. The fourth-order valence-electron chi connectivity index (χ4n) is 1.59. The van der Waals surface area contributed by atoms with Crippen molar-refractivity contribution in [3.63, 3.8) is 0 Å². The number of amides is 1. The highest BCUT2D eigenvalue weighted by Gasteiger charge is 2.11. The van der Waals surface area contributed by atoms with Crippen LogP contribution in [0.25, 0.3) is 0 Å². The third-order valence-electron chi connectivity index (χ3n) is 2.56. The van der Waals surface area contributed by atoms with Crippen molar-refractivity contribution >= 4 is 23.1 Å². The van der Waals surface area contributed by atoms with Crippen molar-refractivity contribution in [1.29, 1.82) is 0 Å². The lowest BCUT2D eigenvalue weighted by atomic mass is 10.1. The summed E-state index contributed by atoms with van der Waals surface area (Å²) in [6.45, 7) is 1.99. The van der Waals surface area contributed by atoms with Gasteiger partial charge in [-0.3, -0.25) is 4.79 Å². The maximum Gasteiger partial charge on any atom is 0.226 e. The second kappa shape index (κ2) is 6.47. The van der Waals surface area contributed by atoms with Crippen LogP contribution in [0.5, 0.6) is 0 Å². The summed E-state index contributed by atoms with van der Waals surface area (Å²) < 4.78 is 0. The van der Waals surface area contributed by atoms with Gasteiger partial charge in [-0.15, -0.1) is 0 Å². The number of carbonyl (C=O) groups is 1. The minimum Gasteiger partial charge on any atom is -0.392 e. The number of aliphatic hydroxyl groups is 1. The van der Waals surface area contributed by atoms with Gasteiger partial charge in [0.1, 0.15) is 4.99 Å². The Bertz CT molecular complexity index is 429. The highest BCUT2D eigenvalue weighted by molar-refractivity contribution is 7.80. The minimum atomic E-state index is -0.518. The lowest BCUT2D eigenvalue weighted by Crippen LogP contribution is -2.34. The van der Waals surface area contributed by atoms with Crippen LogP contribution >= 0.6 is 12.2 Å². The smallest absolute Gasteiger partial charge is 0.226 e. The number of carbonyl (C=O) groups excluding carboxylic acids is 1. The number of hydrogen-bond acceptors (Lipinski definition) is 3. The normalized spacial score (nSPS) is 11.9. The lowest BCUT2D eigenvalue weighted by Gasteiger charge is -2.18. The third-order valence-corrected chi connectivity index (χ3v) is 2.79. The van der Waals surface area contributed by atoms with Crippen LogP contribution in [0.15, 0.2) is 24.3 Å². The third kappa shape index (κ3) is 4.43. The van der Waals surface area contributed by atoms with Crippen molar-refractivity contribution in [2.75, 3.05) is 13.6 Å². The van der Waals surface area contributed by atoms with E-state index in [0.29, 0.717) is 18.0 Å². The van der Waals surface area contributed by atoms with Crippen LogP contribution in [-0.4, -0.2) is 40.6 Å². The molecule has 18 heavy (non-hydrogen) atoms. The van der Waals surface area contributed by atoms with Crippen LogP contribution < -0.4 is 5.73 Å². The van der Waals surface area contributed by atoms with Crippen molar-refractivity contribution in [3.8, 4) is 0 Å². The summed E-state index contributed by atoms with van der Waals surface area (Å²) in [6.07, 6.45) is -0.211. The number of nitrogens with zero attached hydrogens (tertiary/aromatic N) is 1. The van der Waals surface area contributed by atoms with Gasteiger partial charge in [-0.05, 0) is 12.5 Å². The highest BCUT2D eigenvalue weighted by atomic mass is 32.1. The number of rotatable bonds is 5. The summed E-state index contributed by atoms with van der Waals surface area (Å²) in [5.41, 5.74) is 7.19. The zero-order valence-electron chi connectivity index (χ0n) is 10.6. The van der Waals surface area contributed by atoms with Gasteiger partial charge in [0.2, 0.25) is 5.91 Å².